The molecule has 0 aromatic heterocycles. The Morgan fingerprint density at radius 2 is 0.786 bits per heavy atom. The van der Waals surface area contributed by atoms with E-state index in [1.807, 2.05) is 60.7 Å². The zero-order valence-corrected chi connectivity index (χ0v) is 53.6. The van der Waals surface area contributed by atoms with Crippen LogP contribution in [0.3, 0.4) is 0 Å². The quantitative estimate of drug-likeness (QED) is 0.0272. The molecular formula is C67H79Br2N6NaO8. The third-order valence-electron chi connectivity index (χ3n) is 21.3. The van der Waals surface area contributed by atoms with E-state index >= 15 is 0 Å². The van der Waals surface area contributed by atoms with Gasteiger partial charge in [0.25, 0.3) is 12.2 Å². The first-order chi connectivity index (χ1) is 39.3. The minimum atomic E-state index is -0.338. The van der Waals surface area contributed by atoms with Gasteiger partial charge < -0.3 is 51.6 Å². The van der Waals surface area contributed by atoms with Crippen molar-refractivity contribution in [3.63, 3.8) is 0 Å². The molecule has 0 radical (unpaired) electrons. The number of anilines is 5. The number of piperidine rings is 3. The van der Waals surface area contributed by atoms with E-state index in [0.29, 0.717) is 53.1 Å². The van der Waals surface area contributed by atoms with E-state index in [4.69, 9.17) is 21.5 Å². The number of nitro groups is 1. The largest absolute Gasteiger partial charge is 1.00 e. The average Bonchev–Trinajstić information content (AvgIpc) is 0.805. The molecule has 84 heavy (non-hydrogen) atoms. The van der Waals surface area contributed by atoms with Crippen LogP contribution in [0.1, 0.15) is 130 Å². The van der Waals surface area contributed by atoms with Crippen LogP contribution in [0.5, 0.6) is 17.2 Å². The number of hydrogen-bond donors (Lipinski definition) is 5. The molecular weight excluding hydrogens is 1200 g/mol. The van der Waals surface area contributed by atoms with Gasteiger partial charge in [-0.3, -0.25) is 14.9 Å². The van der Waals surface area contributed by atoms with Gasteiger partial charge in [0.1, 0.15) is 17.2 Å². The van der Waals surface area contributed by atoms with Crippen LogP contribution in [0, 0.1) is 27.9 Å². The van der Waals surface area contributed by atoms with Crippen LogP contribution >= 0.6 is 34.0 Å². The Morgan fingerprint density at radius 3 is 1.07 bits per heavy atom. The van der Waals surface area contributed by atoms with Gasteiger partial charge in [0, 0.05) is 94.6 Å². The number of nitro benzene ring substituents is 1. The Hall–Kier alpha value is -5.49. The maximum absolute atomic E-state index is 11.0. The van der Waals surface area contributed by atoms with E-state index in [1.54, 1.807) is 12.1 Å². The number of fused-ring (bicyclic) bond motifs is 3. The minimum Gasteiger partial charge on any atom is -0.662 e. The number of aromatic hydroxyl groups is 3. The third-order valence-corrected chi connectivity index (χ3v) is 21.3. The Bertz CT molecular complexity index is 3130. The standard InChI is InChI=1S/C22H24N2O3.2C22H26N2O.CH2O3.2BrH.Na/c25-18-9-4-15-13-21-19-3-1-2-10-22(19,20(15)14-18)11-12-23(21)16-5-7-17(8-6-16)24(26)27;2*23-16-5-7-17(8-6-16)24-12-11-22-10-2-1-3-19(22)21(24)13-15-4-9-18(25)14-20(15)22;2-1-4-3;;;/h4-9,14,19,21,25H,1-3,10-13H2;2*4-9,14,19,21,25H,1-3,10-13,23H2;1,3H;2*1H;/q;;;;;;+1/p-1/t3*19-,21+,22+;;;;/m111..../s1. The van der Waals surface area contributed by atoms with Gasteiger partial charge >= 0.3 is 29.6 Å². The summed E-state index contributed by atoms with van der Waals surface area (Å²) in [6, 6.07) is 43.5. The summed E-state index contributed by atoms with van der Waals surface area (Å²) < 4.78 is 0. The second-order valence-electron chi connectivity index (χ2n) is 24.8. The van der Waals surface area contributed by atoms with Gasteiger partial charge in [-0.15, -0.1) is 34.0 Å². The van der Waals surface area contributed by atoms with Crippen molar-refractivity contribution in [2.24, 2.45) is 17.8 Å². The van der Waals surface area contributed by atoms with Crippen LogP contribution in [0.15, 0.2) is 127 Å². The second-order valence-corrected chi connectivity index (χ2v) is 24.8. The number of nitrogens with two attached hydrogens (primary N) is 2. The number of nitrogens with zero attached hydrogens (tertiary/aromatic N) is 4. The molecule has 6 bridgehead atoms. The van der Waals surface area contributed by atoms with Crippen LogP contribution < -0.4 is 61.0 Å². The molecule has 440 valence electrons. The first-order valence-electron chi connectivity index (χ1n) is 29.8. The molecule has 9 aliphatic rings. The summed E-state index contributed by atoms with van der Waals surface area (Å²) in [5.74, 6) is 3.21. The number of rotatable bonds is 5. The minimum absolute atomic E-state index is 0. The molecule has 6 aromatic rings. The molecule has 9 atom stereocenters. The molecule has 0 amide bonds. The van der Waals surface area contributed by atoms with Crippen molar-refractivity contribution in [2.75, 3.05) is 45.8 Å². The summed E-state index contributed by atoms with van der Waals surface area (Å²) in [6.07, 6.45) is 22.1. The monoisotopic (exact) mass is 1280 g/mol. The van der Waals surface area contributed by atoms with Crippen molar-refractivity contribution in [1.29, 1.82) is 0 Å². The number of nitrogen functional groups attached to an aromatic ring is 2. The van der Waals surface area contributed by atoms with Gasteiger partial charge in [0.2, 0.25) is 0 Å². The number of phenols is 3. The molecule has 3 saturated heterocycles. The van der Waals surface area contributed by atoms with Gasteiger partial charge in [0.15, 0.2) is 0 Å². The Balaban J connectivity index is 0.000000144. The fraction of sp³-hybridized carbons (Fsp3) is 0.448. The van der Waals surface area contributed by atoms with E-state index in [9.17, 15) is 25.4 Å². The summed E-state index contributed by atoms with van der Waals surface area (Å²) in [7, 11) is 0. The predicted octanol–water partition coefficient (Wildman–Crippen LogP) is 9.63. The Kier molecular flexibility index (Phi) is 19.7. The first kappa shape index (κ1) is 63.0. The zero-order chi connectivity index (χ0) is 56.0. The molecule has 6 fully saturated rings. The molecule has 0 unspecified atom stereocenters. The number of benzene rings is 6. The van der Waals surface area contributed by atoms with Crippen LogP contribution in [-0.2, 0) is 45.2 Å². The van der Waals surface area contributed by atoms with Gasteiger partial charge in [0.05, 0.1) is 4.92 Å². The smallest absolute Gasteiger partial charge is 0.662 e. The normalized spacial score (nSPS) is 27.7. The summed E-state index contributed by atoms with van der Waals surface area (Å²) in [6.45, 7) is 2.98. The predicted molar refractivity (Wildman–Crippen MR) is 336 cm³/mol. The fourth-order valence-electron chi connectivity index (χ4n) is 18.0. The number of carbonyl (C=O) groups excluding carboxylic acids is 1. The SMILES string of the molecule is Br.Br.Nc1ccc(N2CC[C@@]34CCCC[C@@H]3[C@@H]2Cc2ccc(O)cc24)cc1.Nc1ccc(N2CC[C@@]34CCCC[C@@H]3[C@@H]2Cc2ccc(O)cc24)cc1.O=CO[O-].O=[N+]([O-])c1ccc(N2CC[C@@]34CCCC[C@@H]3[C@@H]2Cc2ccc(O)cc24)cc1.[Na+]. The summed E-state index contributed by atoms with van der Waals surface area (Å²) in [4.78, 5) is 29.6. The van der Waals surface area contributed by atoms with Crippen LogP contribution in [-0.4, -0.2) is 64.5 Å². The maximum Gasteiger partial charge on any atom is 1.00 e. The summed E-state index contributed by atoms with van der Waals surface area (Å²) in [5.41, 5.74) is 26.6. The molecule has 6 aliphatic carbocycles. The third kappa shape index (κ3) is 11.5. The number of halogens is 2. The maximum atomic E-state index is 11.0. The summed E-state index contributed by atoms with van der Waals surface area (Å²) in [5, 5.41) is 49.7. The van der Waals surface area contributed by atoms with Crippen molar-refractivity contribution in [3.05, 3.63) is 171 Å². The number of non-ortho nitro benzene ring substituents is 1. The van der Waals surface area contributed by atoms with E-state index in [2.05, 4.69) is 74.2 Å². The van der Waals surface area contributed by atoms with Gasteiger partial charge in [-0.2, -0.15) is 0 Å². The van der Waals surface area contributed by atoms with Crippen molar-refractivity contribution in [3.8, 4) is 17.2 Å². The first-order valence-corrected chi connectivity index (χ1v) is 29.8. The molecule has 3 heterocycles. The number of carbonyl (C=O) groups is 1. The van der Waals surface area contributed by atoms with Crippen LogP contribution in [0.4, 0.5) is 34.1 Å². The van der Waals surface area contributed by atoms with E-state index in [1.165, 1.54) is 135 Å². The molecule has 3 saturated carbocycles. The van der Waals surface area contributed by atoms with Crippen molar-refractivity contribution < 1.29 is 64.7 Å². The zero-order valence-electron chi connectivity index (χ0n) is 48.2. The molecule has 3 aliphatic heterocycles. The summed E-state index contributed by atoms with van der Waals surface area (Å²) >= 11 is 0. The molecule has 0 spiro atoms. The van der Waals surface area contributed by atoms with Crippen molar-refractivity contribution >= 4 is 74.6 Å². The molecule has 6 aromatic carbocycles. The van der Waals surface area contributed by atoms with Crippen molar-refractivity contribution in [1.82, 2.24) is 0 Å². The molecule has 15 rings (SSSR count). The molecule has 14 nitrogen and oxygen atoms in total. The van der Waals surface area contributed by atoms with Gasteiger partial charge in [-0.05, 0) is 225 Å². The topological polar surface area (TPSA) is 215 Å². The fourth-order valence-corrected chi connectivity index (χ4v) is 18.0. The van der Waals surface area contributed by atoms with Crippen LogP contribution in [0.25, 0.3) is 0 Å². The molecule has 17 heteroatoms. The Labute approximate surface area is 536 Å². The van der Waals surface area contributed by atoms with E-state index < -0.39 is 0 Å². The van der Waals surface area contributed by atoms with Gasteiger partial charge in [-0.1, -0.05) is 56.7 Å². The number of phenolic OH excluding ortho intramolecular Hbond substituents is 3. The Morgan fingerprint density at radius 1 is 0.488 bits per heavy atom. The van der Waals surface area contributed by atoms with Crippen LogP contribution in [0.2, 0.25) is 0 Å². The van der Waals surface area contributed by atoms with Crippen molar-refractivity contribution in [2.45, 2.75) is 150 Å². The molecule has 7 N–H and O–H groups in total. The average molecular weight is 1280 g/mol. The number of hydrogen-bond acceptors (Lipinski definition) is 13. The van der Waals surface area contributed by atoms with E-state index in [-0.39, 0.29) is 96.8 Å². The van der Waals surface area contributed by atoms with Gasteiger partial charge in [-0.25, -0.2) is 0 Å². The second kappa shape index (κ2) is 26.2. The van der Waals surface area contributed by atoms with E-state index in [0.717, 1.165) is 62.4 Å².